The largest absolute Gasteiger partial charge is 0.324 e. The Morgan fingerprint density at radius 2 is 2.38 bits per heavy atom. The number of fused-ring (bicyclic) bond motifs is 1. The summed E-state index contributed by atoms with van der Waals surface area (Å²) in [5.74, 6) is 1.87. The Kier molecular flexibility index (Phi) is 2.33. The first-order chi connectivity index (χ1) is 6.33. The number of nitrogens with two attached hydrogens (primary N) is 1. The molecule has 2 rings (SSSR count). The third kappa shape index (κ3) is 1.47. The fourth-order valence-electron chi connectivity index (χ4n) is 1.44. The fourth-order valence-corrected chi connectivity index (χ4v) is 2.55. The van der Waals surface area contributed by atoms with Crippen LogP contribution in [0.1, 0.15) is 21.5 Å². The number of Topliss-reactive ketones (excluding diaryl/α,β-unsaturated/α-hetero) is 1. The van der Waals surface area contributed by atoms with E-state index in [0.29, 0.717) is 5.56 Å². The number of carbonyl (C=O) groups excluding carboxylic acids is 1. The average Bonchev–Trinajstić information content (AvgIpc) is 2.63. The number of nitrogens with zero attached hydrogens (tertiary/aromatic N) is 1. The van der Waals surface area contributed by atoms with E-state index in [-0.39, 0.29) is 12.3 Å². The molecule has 0 saturated carbocycles. The lowest BCUT2D eigenvalue weighted by Gasteiger charge is -2.03. The second-order valence-corrected chi connectivity index (χ2v) is 3.93. The van der Waals surface area contributed by atoms with Gasteiger partial charge in [0.15, 0.2) is 5.78 Å². The molecule has 1 aliphatic heterocycles. The zero-order chi connectivity index (χ0) is 9.26. The number of rotatable bonds is 2. The topological polar surface area (TPSA) is 56.0 Å². The van der Waals surface area contributed by atoms with Crippen LogP contribution in [0.3, 0.4) is 0 Å². The Bertz CT molecular complexity index is 351. The Balaban J connectivity index is 2.47. The van der Waals surface area contributed by atoms with E-state index in [1.807, 2.05) is 18.0 Å². The summed E-state index contributed by atoms with van der Waals surface area (Å²) in [5.41, 5.74) is 8.35. The van der Waals surface area contributed by atoms with E-state index >= 15 is 0 Å². The van der Waals surface area contributed by atoms with E-state index < -0.39 is 0 Å². The Morgan fingerprint density at radius 1 is 1.54 bits per heavy atom. The molecule has 0 spiro atoms. The molecule has 3 nitrogen and oxygen atoms in total. The summed E-state index contributed by atoms with van der Waals surface area (Å²) in [6.07, 6.45) is 3.46. The van der Waals surface area contributed by atoms with Gasteiger partial charge in [0.05, 0.1) is 6.54 Å². The first kappa shape index (κ1) is 8.72. The molecule has 13 heavy (non-hydrogen) atoms. The van der Waals surface area contributed by atoms with Crippen LogP contribution in [0.4, 0.5) is 0 Å². The van der Waals surface area contributed by atoms with Gasteiger partial charge in [0.2, 0.25) is 0 Å². The van der Waals surface area contributed by atoms with Crippen molar-refractivity contribution in [2.24, 2.45) is 5.73 Å². The number of carbonyl (C=O) groups is 1. The molecule has 0 atom stereocenters. The van der Waals surface area contributed by atoms with Gasteiger partial charge in [0, 0.05) is 29.5 Å². The molecule has 0 radical (unpaired) electrons. The molecule has 68 valence electrons. The summed E-state index contributed by atoms with van der Waals surface area (Å²) in [6, 6.07) is 0. The van der Waals surface area contributed by atoms with Crippen LogP contribution in [0.2, 0.25) is 0 Å². The monoisotopic (exact) mass is 194 g/mol. The first-order valence-corrected chi connectivity index (χ1v) is 5.25. The molecule has 2 heterocycles. The highest BCUT2D eigenvalue weighted by Gasteiger charge is 2.18. The number of thioether (sulfide) groups is 1. The van der Waals surface area contributed by atoms with Gasteiger partial charge in [0.25, 0.3) is 0 Å². The van der Waals surface area contributed by atoms with Crippen LogP contribution in [0.25, 0.3) is 0 Å². The van der Waals surface area contributed by atoms with Crippen molar-refractivity contribution in [1.82, 2.24) is 4.98 Å². The summed E-state index contributed by atoms with van der Waals surface area (Å²) in [7, 11) is 0. The van der Waals surface area contributed by atoms with Crippen LogP contribution in [-0.2, 0) is 11.5 Å². The van der Waals surface area contributed by atoms with Crippen LogP contribution in [0.5, 0.6) is 0 Å². The molecule has 1 aromatic rings. The van der Waals surface area contributed by atoms with Crippen molar-refractivity contribution in [3.05, 3.63) is 29.1 Å². The van der Waals surface area contributed by atoms with Crippen LogP contribution >= 0.6 is 11.8 Å². The van der Waals surface area contributed by atoms with Crippen LogP contribution in [0.15, 0.2) is 12.4 Å². The molecule has 4 heteroatoms. The Morgan fingerprint density at radius 3 is 3.15 bits per heavy atom. The highest BCUT2D eigenvalue weighted by atomic mass is 32.2. The van der Waals surface area contributed by atoms with Crippen molar-refractivity contribution in [1.29, 1.82) is 0 Å². The molecule has 0 bridgehead atoms. The quantitative estimate of drug-likeness (QED) is 0.713. The van der Waals surface area contributed by atoms with Gasteiger partial charge in [-0.25, -0.2) is 0 Å². The van der Waals surface area contributed by atoms with Gasteiger partial charge >= 0.3 is 0 Å². The normalized spacial score (nSPS) is 14.2. The zero-order valence-electron chi connectivity index (χ0n) is 7.12. The van der Waals surface area contributed by atoms with Crippen LogP contribution in [0, 0.1) is 0 Å². The number of pyridine rings is 1. The molecule has 1 aromatic heterocycles. The minimum Gasteiger partial charge on any atom is -0.324 e. The van der Waals surface area contributed by atoms with E-state index in [4.69, 9.17) is 5.73 Å². The predicted molar refractivity (Wildman–Crippen MR) is 52.6 cm³/mol. The second kappa shape index (κ2) is 3.47. The van der Waals surface area contributed by atoms with E-state index in [9.17, 15) is 4.79 Å². The standard InChI is InChI=1S/C9H10N2OS/c10-1-9(12)7-3-11-2-6-4-13-5-8(6)7/h2-3H,1,4-5,10H2. The van der Waals surface area contributed by atoms with Gasteiger partial charge in [-0.05, 0) is 11.1 Å². The van der Waals surface area contributed by atoms with Crippen molar-refractivity contribution in [2.45, 2.75) is 11.5 Å². The minimum absolute atomic E-state index is 0.00755. The lowest BCUT2D eigenvalue weighted by molar-refractivity contribution is 0.100. The minimum atomic E-state index is -0.00755. The van der Waals surface area contributed by atoms with Crippen molar-refractivity contribution in [3.63, 3.8) is 0 Å². The first-order valence-electron chi connectivity index (χ1n) is 4.09. The predicted octanol–water partition coefficient (Wildman–Crippen LogP) is 0.970. The van der Waals surface area contributed by atoms with Gasteiger partial charge in [-0.3, -0.25) is 9.78 Å². The summed E-state index contributed by atoms with van der Waals surface area (Å²) in [6.45, 7) is 0.0722. The fraction of sp³-hybridized carbons (Fsp3) is 0.333. The molecular weight excluding hydrogens is 184 g/mol. The molecule has 1 aliphatic rings. The maximum Gasteiger partial charge on any atom is 0.178 e. The molecule has 0 aromatic carbocycles. The van der Waals surface area contributed by atoms with Gasteiger partial charge in [-0.2, -0.15) is 11.8 Å². The molecule has 0 fully saturated rings. The number of ketones is 1. The highest BCUT2D eigenvalue weighted by molar-refractivity contribution is 7.98. The Hall–Kier alpha value is -0.870. The van der Waals surface area contributed by atoms with E-state index in [1.165, 1.54) is 5.56 Å². The average molecular weight is 194 g/mol. The number of hydrogen-bond acceptors (Lipinski definition) is 4. The van der Waals surface area contributed by atoms with E-state index in [2.05, 4.69) is 4.98 Å². The molecule has 0 amide bonds. The lowest BCUT2D eigenvalue weighted by atomic mass is 10.0. The molecule has 0 saturated heterocycles. The maximum absolute atomic E-state index is 11.4. The Labute approximate surface area is 80.7 Å². The summed E-state index contributed by atoms with van der Waals surface area (Å²) in [5, 5.41) is 0. The van der Waals surface area contributed by atoms with Crippen LogP contribution in [-0.4, -0.2) is 17.3 Å². The molecule has 0 aliphatic carbocycles. The van der Waals surface area contributed by atoms with Gasteiger partial charge in [-0.15, -0.1) is 0 Å². The number of hydrogen-bond donors (Lipinski definition) is 1. The molecule has 2 N–H and O–H groups in total. The molecule has 0 unspecified atom stereocenters. The zero-order valence-corrected chi connectivity index (χ0v) is 7.93. The van der Waals surface area contributed by atoms with Crippen LogP contribution < -0.4 is 5.73 Å². The third-order valence-electron chi connectivity index (χ3n) is 2.14. The van der Waals surface area contributed by atoms with Crippen molar-refractivity contribution < 1.29 is 4.79 Å². The van der Waals surface area contributed by atoms with Crippen molar-refractivity contribution in [2.75, 3.05) is 6.54 Å². The maximum atomic E-state index is 11.4. The lowest BCUT2D eigenvalue weighted by Crippen LogP contribution is -2.15. The van der Waals surface area contributed by atoms with Gasteiger partial charge in [0.1, 0.15) is 0 Å². The van der Waals surface area contributed by atoms with E-state index in [0.717, 1.165) is 17.1 Å². The molecular formula is C9H10N2OS. The third-order valence-corrected chi connectivity index (χ3v) is 3.14. The smallest absolute Gasteiger partial charge is 0.178 e. The van der Waals surface area contributed by atoms with Gasteiger partial charge in [-0.1, -0.05) is 0 Å². The van der Waals surface area contributed by atoms with Crippen molar-refractivity contribution in [3.8, 4) is 0 Å². The second-order valence-electron chi connectivity index (χ2n) is 2.94. The van der Waals surface area contributed by atoms with Crippen molar-refractivity contribution >= 4 is 17.5 Å². The SMILES string of the molecule is NCC(=O)c1cncc2c1CSC2. The van der Waals surface area contributed by atoms with Gasteiger partial charge < -0.3 is 5.73 Å². The number of aromatic nitrogens is 1. The summed E-state index contributed by atoms with van der Waals surface area (Å²) in [4.78, 5) is 15.4. The van der Waals surface area contributed by atoms with E-state index in [1.54, 1.807) is 6.20 Å². The highest BCUT2D eigenvalue weighted by Crippen LogP contribution is 2.31. The summed E-state index contributed by atoms with van der Waals surface area (Å²) >= 11 is 1.81. The summed E-state index contributed by atoms with van der Waals surface area (Å²) < 4.78 is 0.